The zero-order chi connectivity index (χ0) is 17.6. The number of rotatable bonds is 8. The molecule has 2 aromatic rings. The average molecular weight is 347 g/mol. The molecule has 7 nitrogen and oxygen atoms in total. The summed E-state index contributed by atoms with van der Waals surface area (Å²) in [7, 11) is 0. The van der Waals surface area contributed by atoms with E-state index in [0.29, 0.717) is 0 Å². The Balaban J connectivity index is 1.77. The molecule has 1 saturated heterocycles. The third-order valence-corrected chi connectivity index (χ3v) is 4.45. The van der Waals surface area contributed by atoms with E-state index in [-0.39, 0.29) is 5.92 Å². The number of oxazole rings is 1. The van der Waals surface area contributed by atoms with Gasteiger partial charge >= 0.3 is 0 Å². The van der Waals surface area contributed by atoms with Crippen LogP contribution in [0.2, 0.25) is 0 Å². The Bertz CT molecular complexity index is 658. The summed E-state index contributed by atoms with van der Waals surface area (Å²) < 4.78 is 13.0. The molecule has 0 amide bonds. The van der Waals surface area contributed by atoms with Crippen molar-refractivity contribution in [3.63, 3.8) is 0 Å². The lowest BCUT2D eigenvalue weighted by molar-refractivity contribution is 0.0360. The molecule has 0 atom stereocenters. The van der Waals surface area contributed by atoms with Crippen LogP contribution in [0.25, 0.3) is 11.5 Å². The fraction of sp³-hybridized carbons (Fsp3) is 0.722. The molecule has 25 heavy (non-hydrogen) atoms. The SMILES string of the molecule is CCCCc1nc(-c2coc(C(C)C)n2)n(CCN2CCOCC2)n1. The van der Waals surface area contributed by atoms with Crippen molar-refractivity contribution in [3.05, 3.63) is 18.0 Å². The van der Waals surface area contributed by atoms with Crippen LogP contribution >= 0.6 is 0 Å². The summed E-state index contributed by atoms with van der Waals surface area (Å²) >= 11 is 0. The first-order chi connectivity index (χ1) is 12.2. The van der Waals surface area contributed by atoms with E-state index < -0.39 is 0 Å². The van der Waals surface area contributed by atoms with Gasteiger partial charge in [-0.1, -0.05) is 27.2 Å². The summed E-state index contributed by atoms with van der Waals surface area (Å²) in [6, 6.07) is 0. The fourth-order valence-corrected chi connectivity index (χ4v) is 2.89. The van der Waals surface area contributed by atoms with Gasteiger partial charge in [0.1, 0.15) is 12.0 Å². The van der Waals surface area contributed by atoms with Crippen molar-refractivity contribution in [1.29, 1.82) is 0 Å². The molecular weight excluding hydrogens is 318 g/mol. The highest BCUT2D eigenvalue weighted by Crippen LogP contribution is 2.21. The third kappa shape index (κ3) is 4.67. The normalized spacial score (nSPS) is 16.0. The van der Waals surface area contributed by atoms with E-state index in [1.807, 2.05) is 4.68 Å². The van der Waals surface area contributed by atoms with Gasteiger partial charge in [0.2, 0.25) is 0 Å². The van der Waals surface area contributed by atoms with E-state index in [1.165, 1.54) is 0 Å². The van der Waals surface area contributed by atoms with E-state index in [2.05, 4.69) is 30.7 Å². The van der Waals surface area contributed by atoms with Crippen molar-refractivity contribution < 1.29 is 9.15 Å². The van der Waals surface area contributed by atoms with Crippen molar-refractivity contribution in [2.75, 3.05) is 32.8 Å². The third-order valence-electron chi connectivity index (χ3n) is 4.45. The quantitative estimate of drug-likeness (QED) is 0.731. The van der Waals surface area contributed by atoms with Gasteiger partial charge in [0.25, 0.3) is 0 Å². The first kappa shape index (κ1) is 18.1. The van der Waals surface area contributed by atoms with Gasteiger partial charge in [0.15, 0.2) is 17.5 Å². The van der Waals surface area contributed by atoms with Crippen LogP contribution in [0.1, 0.15) is 51.2 Å². The second-order valence-corrected chi connectivity index (χ2v) is 6.86. The molecule has 3 rings (SSSR count). The molecule has 0 bridgehead atoms. The first-order valence-electron chi connectivity index (χ1n) is 9.37. The first-order valence-corrected chi connectivity index (χ1v) is 9.37. The summed E-state index contributed by atoms with van der Waals surface area (Å²) in [5.41, 5.74) is 0.779. The van der Waals surface area contributed by atoms with Crippen molar-refractivity contribution >= 4 is 0 Å². The maximum atomic E-state index is 5.60. The topological polar surface area (TPSA) is 69.2 Å². The van der Waals surface area contributed by atoms with E-state index >= 15 is 0 Å². The highest BCUT2D eigenvalue weighted by Gasteiger charge is 2.18. The molecule has 0 unspecified atom stereocenters. The predicted molar refractivity (Wildman–Crippen MR) is 95.5 cm³/mol. The van der Waals surface area contributed by atoms with Gasteiger partial charge < -0.3 is 9.15 Å². The molecule has 7 heteroatoms. The number of hydrogen-bond donors (Lipinski definition) is 0. The molecule has 1 aliphatic heterocycles. The second kappa shape index (κ2) is 8.58. The Labute approximate surface area is 149 Å². The number of morpholine rings is 1. The maximum absolute atomic E-state index is 5.60. The van der Waals surface area contributed by atoms with E-state index in [1.54, 1.807) is 6.26 Å². The highest BCUT2D eigenvalue weighted by molar-refractivity contribution is 5.47. The number of unbranched alkanes of at least 4 members (excludes halogenated alkanes) is 1. The summed E-state index contributed by atoms with van der Waals surface area (Å²) in [4.78, 5) is 11.8. The molecule has 2 aromatic heterocycles. The van der Waals surface area contributed by atoms with Crippen LogP contribution in [0.5, 0.6) is 0 Å². The molecule has 0 saturated carbocycles. The Morgan fingerprint density at radius 2 is 1.96 bits per heavy atom. The second-order valence-electron chi connectivity index (χ2n) is 6.86. The van der Waals surface area contributed by atoms with Crippen LogP contribution in [-0.4, -0.2) is 57.5 Å². The summed E-state index contributed by atoms with van der Waals surface area (Å²) in [6.07, 6.45) is 4.85. The minimum Gasteiger partial charge on any atom is -0.448 e. The summed E-state index contributed by atoms with van der Waals surface area (Å²) in [6.45, 7) is 11.7. The zero-order valence-corrected chi connectivity index (χ0v) is 15.6. The van der Waals surface area contributed by atoms with Crippen molar-refractivity contribution in [2.24, 2.45) is 0 Å². The van der Waals surface area contributed by atoms with Crippen LogP contribution < -0.4 is 0 Å². The van der Waals surface area contributed by atoms with E-state index in [9.17, 15) is 0 Å². The summed E-state index contributed by atoms with van der Waals surface area (Å²) in [5.74, 6) is 2.72. The van der Waals surface area contributed by atoms with Crippen LogP contribution in [0, 0.1) is 0 Å². The molecule has 0 N–H and O–H groups in total. The molecule has 0 spiro atoms. The van der Waals surface area contributed by atoms with Crippen LogP contribution in [0.4, 0.5) is 0 Å². The van der Waals surface area contributed by atoms with Gasteiger partial charge in [-0.05, 0) is 6.42 Å². The number of aromatic nitrogens is 4. The van der Waals surface area contributed by atoms with Crippen molar-refractivity contribution in [3.8, 4) is 11.5 Å². The molecule has 138 valence electrons. The molecule has 0 aliphatic carbocycles. The van der Waals surface area contributed by atoms with Gasteiger partial charge in [-0.2, -0.15) is 5.10 Å². The van der Waals surface area contributed by atoms with Crippen LogP contribution in [0.15, 0.2) is 10.7 Å². The van der Waals surface area contributed by atoms with Gasteiger partial charge in [0.05, 0.1) is 19.8 Å². The van der Waals surface area contributed by atoms with Crippen molar-refractivity contribution in [1.82, 2.24) is 24.6 Å². The van der Waals surface area contributed by atoms with Crippen LogP contribution in [-0.2, 0) is 17.7 Å². The fourth-order valence-electron chi connectivity index (χ4n) is 2.89. The zero-order valence-electron chi connectivity index (χ0n) is 15.6. The van der Waals surface area contributed by atoms with E-state index in [0.717, 1.165) is 81.9 Å². The number of nitrogens with zero attached hydrogens (tertiary/aromatic N) is 5. The van der Waals surface area contributed by atoms with Gasteiger partial charge in [-0.15, -0.1) is 0 Å². The minimum absolute atomic E-state index is 0.262. The lowest BCUT2D eigenvalue weighted by atomic mass is 10.2. The molecule has 0 aromatic carbocycles. The lowest BCUT2D eigenvalue weighted by Crippen LogP contribution is -2.38. The maximum Gasteiger partial charge on any atom is 0.197 e. The van der Waals surface area contributed by atoms with Gasteiger partial charge in [-0.25, -0.2) is 14.6 Å². The molecular formula is C18H29N5O2. The molecule has 1 fully saturated rings. The van der Waals surface area contributed by atoms with E-state index in [4.69, 9.17) is 19.2 Å². The Kier molecular flexibility index (Phi) is 6.20. The molecule has 0 radical (unpaired) electrons. The van der Waals surface area contributed by atoms with Crippen molar-refractivity contribution in [2.45, 2.75) is 52.5 Å². The van der Waals surface area contributed by atoms with Gasteiger partial charge in [0, 0.05) is 32.0 Å². The minimum atomic E-state index is 0.262. The summed E-state index contributed by atoms with van der Waals surface area (Å²) in [5, 5.41) is 4.73. The van der Waals surface area contributed by atoms with Crippen LogP contribution in [0.3, 0.4) is 0 Å². The highest BCUT2D eigenvalue weighted by atomic mass is 16.5. The number of aryl methyl sites for hydroxylation is 1. The molecule has 3 heterocycles. The number of ether oxygens (including phenoxy) is 1. The Hall–Kier alpha value is -1.73. The largest absolute Gasteiger partial charge is 0.448 e. The van der Waals surface area contributed by atoms with Gasteiger partial charge in [-0.3, -0.25) is 4.90 Å². The monoisotopic (exact) mass is 347 g/mol. The molecule has 1 aliphatic rings. The Morgan fingerprint density at radius 1 is 1.16 bits per heavy atom. The Morgan fingerprint density at radius 3 is 2.64 bits per heavy atom. The lowest BCUT2D eigenvalue weighted by Gasteiger charge is -2.26. The predicted octanol–water partition coefficient (Wildman–Crippen LogP) is 2.73. The standard InChI is InChI=1S/C18H29N5O2/c1-4-5-6-16-20-17(15-13-25-18(19-15)14(2)3)23(21-16)8-7-22-9-11-24-12-10-22/h13-14H,4-12H2,1-3H3. The smallest absolute Gasteiger partial charge is 0.197 e. The average Bonchev–Trinajstić information content (AvgIpc) is 3.26. The number of hydrogen-bond acceptors (Lipinski definition) is 6.